The van der Waals surface area contributed by atoms with Crippen LogP contribution in [0.4, 0.5) is 0 Å². The molecule has 0 atom stereocenters. The first kappa shape index (κ1) is 9.80. The lowest BCUT2D eigenvalue weighted by atomic mass is 10.1. The highest BCUT2D eigenvalue weighted by Crippen LogP contribution is 2.20. The van der Waals surface area contributed by atoms with Gasteiger partial charge in [-0.1, -0.05) is 0 Å². The van der Waals surface area contributed by atoms with Crippen molar-refractivity contribution in [2.45, 2.75) is 26.3 Å². The van der Waals surface area contributed by atoms with Crippen LogP contribution in [0, 0.1) is 0 Å². The quantitative estimate of drug-likeness (QED) is 0.641. The number of nitrogens with one attached hydrogen (secondary N) is 2. The van der Waals surface area contributed by atoms with Crippen LogP contribution in [-0.4, -0.2) is 29.3 Å². The molecule has 78 valence electrons. The molecule has 0 spiro atoms. The topological polar surface area (TPSA) is 39.7 Å². The number of halogens is 1. The second kappa shape index (κ2) is 3.79. The van der Waals surface area contributed by atoms with Crippen LogP contribution in [0.3, 0.4) is 0 Å². The zero-order valence-electron chi connectivity index (χ0n) is 8.47. The molecule has 0 aromatic rings. The second-order valence-electron chi connectivity index (χ2n) is 3.89. The van der Waals surface area contributed by atoms with Gasteiger partial charge < -0.3 is 0 Å². The van der Waals surface area contributed by atoms with Crippen LogP contribution in [-0.2, 0) is 0 Å². The van der Waals surface area contributed by atoms with Crippen LogP contribution >= 0.6 is 11.6 Å². The van der Waals surface area contributed by atoms with Gasteiger partial charge in [-0.05, 0) is 25.4 Å². The molecule has 0 unspecified atom stereocenters. The van der Waals surface area contributed by atoms with E-state index >= 15 is 0 Å². The number of hydrogen-bond donors (Lipinski definition) is 2. The second-order valence-corrected chi connectivity index (χ2v) is 4.25. The summed E-state index contributed by atoms with van der Waals surface area (Å²) in [5, 5.41) is 0.432. The molecule has 2 N–H and O–H groups in total. The van der Waals surface area contributed by atoms with Gasteiger partial charge in [0.1, 0.15) is 0 Å². The van der Waals surface area contributed by atoms with Gasteiger partial charge in [0.05, 0.1) is 11.4 Å². The van der Waals surface area contributed by atoms with Gasteiger partial charge in [0, 0.05) is 25.6 Å². The van der Waals surface area contributed by atoms with E-state index in [2.05, 4.69) is 34.6 Å². The summed E-state index contributed by atoms with van der Waals surface area (Å²) in [5.41, 5.74) is 8.14. The third-order valence-corrected chi connectivity index (χ3v) is 2.80. The zero-order chi connectivity index (χ0) is 10.1. The Morgan fingerprint density at radius 3 is 2.93 bits per heavy atom. The lowest BCUT2D eigenvalue weighted by molar-refractivity contribution is 0.224. The van der Waals surface area contributed by atoms with Gasteiger partial charge in [-0.2, -0.15) is 0 Å². The van der Waals surface area contributed by atoms with E-state index in [1.54, 1.807) is 0 Å². The zero-order valence-corrected chi connectivity index (χ0v) is 9.23. The Bertz CT molecular complexity index is 295. The fourth-order valence-electron chi connectivity index (χ4n) is 1.72. The Morgan fingerprint density at radius 1 is 1.43 bits per heavy atom. The molecule has 5 heteroatoms. The average molecular weight is 215 g/mol. The predicted octanol–water partition coefficient (Wildman–Crippen LogP) is 1.01. The Labute approximate surface area is 89.0 Å². The van der Waals surface area contributed by atoms with Gasteiger partial charge in [-0.25, -0.2) is 4.99 Å². The normalized spacial score (nSPS) is 22.7. The van der Waals surface area contributed by atoms with Crippen molar-refractivity contribution in [3.05, 3.63) is 11.4 Å². The highest BCUT2D eigenvalue weighted by atomic mass is 35.5. The maximum absolute atomic E-state index is 5.76. The molecule has 2 rings (SSSR count). The Balaban J connectivity index is 2.13. The fraction of sp³-hybridized carbons (Fsp3) is 0.667. The summed E-state index contributed by atoms with van der Waals surface area (Å²) in [7, 11) is 0. The van der Waals surface area contributed by atoms with Crippen molar-refractivity contribution < 1.29 is 0 Å². The molecule has 4 nitrogen and oxygen atoms in total. The van der Waals surface area contributed by atoms with Crippen LogP contribution in [0.2, 0.25) is 0 Å². The monoisotopic (exact) mass is 214 g/mol. The molecule has 0 saturated carbocycles. The maximum Gasteiger partial charge on any atom is 0.215 e. The lowest BCUT2D eigenvalue weighted by Gasteiger charge is -2.34. The largest absolute Gasteiger partial charge is 0.300 e. The van der Waals surface area contributed by atoms with Gasteiger partial charge in [-0.3, -0.25) is 15.8 Å². The molecular weight excluding hydrogens is 200 g/mol. The fourth-order valence-corrected chi connectivity index (χ4v) is 1.87. The molecule has 2 aliphatic rings. The van der Waals surface area contributed by atoms with E-state index in [1.165, 1.54) is 0 Å². The molecule has 0 bridgehead atoms. The Kier molecular flexibility index (Phi) is 2.65. The van der Waals surface area contributed by atoms with Gasteiger partial charge in [0.25, 0.3) is 0 Å². The molecule has 0 amide bonds. The van der Waals surface area contributed by atoms with E-state index in [4.69, 9.17) is 11.6 Å². The van der Waals surface area contributed by atoms with E-state index in [-0.39, 0.29) is 0 Å². The third kappa shape index (κ3) is 1.86. The summed E-state index contributed by atoms with van der Waals surface area (Å²) >= 11 is 5.76. The van der Waals surface area contributed by atoms with Crippen molar-refractivity contribution in [1.82, 2.24) is 15.8 Å². The number of hydrazine groups is 1. The SMILES string of the molecule is CC(C)N1CCC2=C(C1)NNC(Cl)=N2. The molecule has 0 aromatic carbocycles. The molecule has 2 aliphatic heterocycles. The first-order chi connectivity index (χ1) is 6.66. The average Bonchev–Trinajstić information content (AvgIpc) is 2.16. The van der Waals surface area contributed by atoms with Gasteiger partial charge in [0.15, 0.2) is 0 Å². The van der Waals surface area contributed by atoms with E-state index in [0.717, 1.165) is 30.9 Å². The van der Waals surface area contributed by atoms with Crippen LogP contribution in [0.15, 0.2) is 16.4 Å². The molecule has 0 aliphatic carbocycles. The van der Waals surface area contributed by atoms with Gasteiger partial charge in [-0.15, -0.1) is 0 Å². The van der Waals surface area contributed by atoms with Crippen LogP contribution < -0.4 is 10.9 Å². The highest BCUT2D eigenvalue weighted by Gasteiger charge is 2.22. The van der Waals surface area contributed by atoms with Gasteiger partial charge in [0.2, 0.25) is 5.29 Å². The summed E-state index contributed by atoms with van der Waals surface area (Å²) in [5.74, 6) is 0. The Hall–Kier alpha value is -0.740. The molecule has 14 heavy (non-hydrogen) atoms. The van der Waals surface area contributed by atoms with Crippen LogP contribution in [0.25, 0.3) is 0 Å². The number of aliphatic imine (C=N–C) groups is 1. The Morgan fingerprint density at radius 2 is 2.21 bits per heavy atom. The molecule has 0 aromatic heterocycles. The van der Waals surface area contributed by atoms with Crippen molar-refractivity contribution in [2.24, 2.45) is 4.99 Å². The third-order valence-electron chi connectivity index (χ3n) is 2.63. The minimum atomic E-state index is 0.432. The number of rotatable bonds is 1. The van der Waals surface area contributed by atoms with Crippen LogP contribution in [0.5, 0.6) is 0 Å². The lowest BCUT2D eigenvalue weighted by Crippen LogP contribution is -2.46. The van der Waals surface area contributed by atoms with Crippen molar-refractivity contribution in [2.75, 3.05) is 13.1 Å². The summed E-state index contributed by atoms with van der Waals surface area (Å²) < 4.78 is 0. The van der Waals surface area contributed by atoms with Crippen molar-refractivity contribution in [3.63, 3.8) is 0 Å². The maximum atomic E-state index is 5.76. The van der Waals surface area contributed by atoms with Crippen molar-refractivity contribution >= 4 is 16.9 Å². The van der Waals surface area contributed by atoms with E-state index in [9.17, 15) is 0 Å². The molecule has 0 fully saturated rings. The number of hydrogen-bond acceptors (Lipinski definition) is 4. The first-order valence-electron chi connectivity index (χ1n) is 4.89. The molecule has 0 radical (unpaired) electrons. The molecule has 2 heterocycles. The van der Waals surface area contributed by atoms with Crippen molar-refractivity contribution in [3.8, 4) is 0 Å². The standard InChI is InChI=1S/C9H15ClN4/c1-6(2)14-4-3-7-8(5-14)12-13-9(10)11-7/h6,12H,3-5H2,1-2H3,(H,11,13). The van der Waals surface area contributed by atoms with Gasteiger partial charge >= 0.3 is 0 Å². The number of nitrogens with zero attached hydrogens (tertiary/aromatic N) is 2. The number of amidine groups is 1. The highest BCUT2D eigenvalue weighted by molar-refractivity contribution is 6.64. The minimum absolute atomic E-state index is 0.432. The summed E-state index contributed by atoms with van der Waals surface area (Å²) in [6.07, 6.45) is 0.971. The summed E-state index contributed by atoms with van der Waals surface area (Å²) in [6, 6.07) is 0.576. The van der Waals surface area contributed by atoms with Crippen LogP contribution in [0.1, 0.15) is 20.3 Å². The molecular formula is C9H15ClN4. The summed E-state index contributed by atoms with van der Waals surface area (Å²) in [6.45, 7) is 6.40. The minimum Gasteiger partial charge on any atom is -0.300 e. The van der Waals surface area contributed by atoms with Crippen molar-refractivity contribution in [1.29, 1.82) is 0 Å². The first-order valence-corrected chi connectivity index (χ1v) is 5.27. The molecule has 0 saturated heterocycles. The summed E-state index contributed by atoms with van der Waals surface area (Å²) in [4.78, 5) is 6.66. The predicted molar refractivity (Wildman–Crippen MR) is 57.9 cm³/mol. The smallest absolute Gasteiger partial charge is 0.215 e. The van der Waals surface area contributed by atoms with E-state index in [0.29, 0.717) is 11.3 Å². The van der Waals surface area contributed by atoms with E-state index in [1.807, 2.05) is 0 Å². The van der Waals surface area contributed by atoms with E-state index < -0.39 is 0 Å².